The van der Waals surface area contributed by atoms with Crippen molar-refractivity contribution in [3.05, 3.63) is 35.9 Å². The molecule has 106 valence electrons. The lowest BCUT2D eigenvalue weighted by molar-refractivity contribution is 0.218. The van der Waals surface area contributed by atoms with Crippen LogP contribution in [0.1, 0.15) is 45.7 Å². The van der Waals surface area contributed by atoms with Crippen LogP contribution in [0, 0.1) is 5.92 Å². The van der Waals surface area contributed by atoms with Crippen molar-refractivity contribution in [2.45, 2.75) is 45.7 Å². The molecule has 1 aromatic carbocycles. The molecule has 1 heterocycles. The van der Waals surface area contributed by atoms with Gasteiger partial charge < -0.3 is 5.32 Å². The van der Waals surface area contributed by atoms with E-state index in [0.29, 0.717) is 6.04 Å². The third kappa shape index (κ3) is 4.32. The van der Waals surface area contributed by atoms with Crippen LogP contribution in [0.4, 0.5) is 0 Å². The molecule has 0 aliphatic carbocycles. The minimum absolute atomic E-state index is 0.179. The first-order valence-corrected chi connectivity index (χ1v) is 7.50. The number of nitrogens with zero attached hydrogens (tertiary/aromatic N) is 1. The zero-order valence-electron chi connectivity index (χ0n) is 12.8. The molecule has 0 aromatic heterocycles. The predicted molar refractivity (Wildman–Crippen MR) is 82.3 cm³/mol. The van der Waals surface area contributed by atoms with Gasteiger partial charge in [-0.15, -0.1) is 0 Å². The molecule has 0 spiro atoms. The van der Waals surface area contributed by atoms with E-state index in [4.69, 9.17) is 0 Å². The van der Waals surface area contributed by atoms with E-state index >= 15 is 0 Å². The molecule has 0 amide bonds. The smallest absolute Gasteiger partial charge is 0.0472 e. The maximum Gasteiger partial charge on any atom is 0.0472 e. The molecule has 1 aromatic rings. The van der Waals surface area contributed by atoms with Gasteiger partial charge in [0.1, 0.15) is 0 Å². The topological polar surface area (TPSA) is 15.3 Å². The van der Waals surface area contributed by atoms with Crippen molar-refractivity contribution in [1.29, 1.82) is 0 Å². The maximum absolute atomic E-state index is 3.67. The first-order valence-electron chi connectivity index (χ1n) is 7.50. The Morgan fingerprint density at radius 3 is 2.47 bits per heavy atom. The predicted octanol–water partition coefficient (Wildman–Crippen LogP) is 3.46. The van der Waals surface area contributed by atoms with Gasteiger partial charge in [-0.05, 0) is 45.2 Å². The van der Waals surface area contributed by atoms with Crippen LogP contribution in [0.3, 0.4) is 0 Å². The quantitative estimate of drug-likeness (QED) is 0.892. The first kappa shape index (κ1) is 14.5. The van der Waals surface area contributed by atoms with Crippen LogP contribution >= 0.6 is 0 Å². The van der Waals surface area contributed by atoms with Gasteiger partial charge in [0.2, 0.25) is 0 Å². The summed E-state index contributed by atoms with van der Waals surface area (Å²) in [5, 5.41) is 3.67. The Balaban J connectivity index is 2.09. The molecule has 1 N–H and O–H groups in total. The highest BCUT2D eigenvalue weighted by Gasteiger charge is 2.27. The molecule has 0 bridgehead atoms. The minimum Gasteiger partial charge on any atom is -0.310 e. The largest absolute Gasteiger partial charge is 0.310 e. The molecular formula is C17H28N2. The van der Waals surface area contributed by atoms with Crippen molar-refractivity contribution in [2.24, 2.45) is 5.92 Å². The van der Waals surface area contributed by atoms with Gasteiger partial charge in [0, 0.05) is 24.7 Å². The molecule has 1 fully saturated rings. The Kier molecular flexibility index (Phi) is 4.64. The SMILES string of the molecule is CC1CCN(C(CNC(C)(C)C)c2ccccc2)C1. The van der Waals surface area contributed by atoms with E-state index in [1.807, 2.05) is 0 Å². The van der Waals surface area contributed by atoms with Crippen molar-refractivity contribution in [1.82, 2.24) is 10.2 Å². The van der Waals surface area contributed by atoms with Crippen LogP contribution < -0.4 is 5.32 Å². The second kappa shape index (κ2) is 6.06. The zero-order chi connectivity index (χ0) is 13.9. The molecular weight excluding hydrogens is 232 g/mol. The fraction of sp³-hybridized carbons (Fsp3) is 0.647. The van der Waals surface area contributed by atoms with Crippen molar-refractivity contribution < 1.29 is 0 Å². The number of benzene rings is 1. The summed E-state index contributed by atoms with van der Waals surface area (Å²) in [6.45, 7) is 12.6. The molecule has 0 radical (unpaired) electrons. The molecule has 2 atom stereocenters. The third-order valence-electron chi connectivity index (χ3n) is 3.91. The van der Waals surface area contributed by atoms with Crippen molar-refractivity contribution >= 4 is 0 Å². The summed E-state index contributed by atoms with van der Waals surface area (Å²) in [6, 6.07) is 11.4. The Hall–Kier alpha value is -0.860. The number of hydrogen-bond donors (Lipinski definition) is 1. The first-order chi connectivity index (χ1) is 8.96. The zero-order valence-corrected chi connectivity index (χ0v) is 12.8. The van der Waals surface area contributed by atoms with Crippen molar-refractivity contribution in [3.63, 3.8) is 0 Å². The van der Waals surface area contributed by atoms with Crippen LogP contribution in [0.25, 0.3) is 0 Å². The number of nitrogens with one attached hydrogen (secondary N) is 1. The van der Waals surface area contributed by atoms with Gasteiger partial charge in [-0.3, -0.25) is 4.90 Å². The standard InChI is InChI=1S/C17H28N2/c1-14-10-11-19(13-14)16(12-18-17(2,3)4)15-8-6-5-7-9-15/h5-9,14,16,18H,10-13H2,1-4H3. The summed E-state index contributed by atoms with van der Waals surface area (Å²) in [6.07, 6.45) is 1.33. The lowest BCUT2D eigenvalue weighted by atomic mass is 10.0. The van der Waals surface area contributed by atoms with Gasteiger partial charge in [-0.2, -0.15) is 0 Å². The molecule has 0 saturated carbocycles. The summed E-state index contributed by atoms with van der Waals surface area (Å²) in [4.78, 5) is 2.64. The van der Waals surface area contributed by atoms with E-state index in [-0.39, 0.29) is 5.54 Å². The van der Waals surface area contributed by atoms with Crippen LogP contribution in [-0.4, -0.2) is 30.1 Å². The van der Waals surface area contributed by atoms with Gasteiger partial charge in [-0.1, -0.05) is 37.3 Å². The van der Waals surface area contributed by atoms with Crippen LogP contribution in [0.15, 0.2) is 30.3 Å². The van der Waals surface area contributed by atoms with Gasteiger partial charge >= 0.3 is 0 Å². The Bertz CT molecular complexity index is 380. The number of likely N-dealkylation sites (tertiary alicyclic amines) is 1. The summed E-state index contributed by atoms with van der Waals surface area (Å²) in [7, 11) is 0. The minimum atomic E-state index is 0.179. The van der Waals surface area contributed by atoms with E-state index in [1.54, 1.807) is 0 Å². The monoisotopic (exact) mass is 260 g/mol. The van der Waals surface area contributed by atoms with Crippen molar-refractivity contribution in [3.8, 4) is 0 Å². The average molecular weight is 260 g/mol. The number of rotatable bonds is 4. The van der Waals surface area contributed by atoms with Crippen LogP contribution in [-0.2, 0) is 0 Å². The van der Waals surface area contributed by atoms with Gasteiger partial charge in [0.15, 0.2) is 0 Å². The summed E-state index contributed by atoms with van der Waals surface area (Å²) >= 11 is 0. The molecule has 19 heavy (non-hydrogen) atoms. The Morgan fingerprint density at radius 1 is 1.26 bits per heavy atom. The van der Waals surface area contributed by atoms with E-state index in [0.717, 1.165) is 12.5 Å². The van der Waals surface area contributed by atoms with Crippen molar-refractivity contribution in [2.75, 3.05) is 19.6 Å². The fourth-order valence-corrected chi connectivity index (χ4v) is 2.79. The van der Waals surface area contributed by atoms with Gasteiger partial charge in [0.25, 0.3) is 0 Å². The molecule has 2 heteroatoms. The molecule has 2 unspecified atom stereocenters. The lowest BCUT2D eigenvalue weighted by Crippen LogP contribution is -2.42. The lowest BCUT2D eigenvalue weighted by Gasteiger charge is -2.32. The van der Waals surface area contributed by atoms with E-state index in [2.05, 4.69) is 68.2 Å². The molecule has 1 aliphatic rings. The van der Waals surface area contributed by atoms with Gasteiger partial charge in [-0.25, -0.2) is 0 Å². The Labute approximate surface area is 118 Å². The summed E-state index contributed by atoms with van der Waals surface area (Å²) < 4.78 is 0. The molecule has 1 aliphatic heterocycles. The van der Waals surface area contributed by atoms with E-state index < -0.39 is 0 Å². The molecule has 1 saturated heterocycles. The van der Waals surface area contributed by atoms with E-state index in [9.17, 15) is 0 Å². The second-order valence-electron chi connectivity index (χ2n) is 6.95. The second-order valence-corrected chi connectivity index (χ2v) is 6.95. The van der Waals surface area contributed by atoms with E-state index in [1.165, 1.54) is 25.1 Å². The Morgan fingerprint density at radius 2 is 1.95 bits per heavy atom. The highest BCUT2D eigenvalue weighted by molar-refractivity contribution is 5.20. The fourth-order valence-electron chi connectivity index (χ4n) is 2.79. The molecule has 2 rings (SSSR count). The maximum atomic E-state index is 3.67. The van der Waals surface area contributed by atoms with Crippen LogP contribution in [0.5, 0.6) is 0 Å². The third-order valence-corrected chi connectivity index (χ3v) is 3.91. The normalized spacial score (nSPS) is 22.6. The highest BCUT2D eigenvalue weighted by atomic mass is 15.2. The molecule has 2 nitrogen and oxygen atoms in total. The van der Waals surface area contributed by atoms with Gasteiger partial charge in [0.05, 0.1) is 0 Å². The summed E-state index contributed by atoms with van der Waals surface area (Å²) in [5.74, 6) is 0.834. The average Bonchev–Trinajstić information content (AvgIpc) is 2.76. The number of hydrogen-bond acceptors (Lipinski definition) is 2. The summed E-state index contributed by atoms with van der Waals surface area (Å²) in [5.41, 5.74) is 1.62. The highest BCUT2D eigenvalue weighted by Crippen LogP contribution is 2.27. The van der Waals surface area contributed by atoms with Crippen LogP contribution in [0.2, 0.25) is 0 Å².